The lowest BCUT2D eigenvalue weighted by atomic mass is 10.1. The SMILES string of the molecule is CN=C(NCCc1cc(Cl)ccc1Br)NC1CCN(CC(=O)NC)CC1. The standard InChI is InChI=1S/C18H27BrClN5O/c1-21-17(26)12-25-9-6-15(7-10-25)24-18(22-2)23-8-5-13-11-14(20)3-4-16(13)19/h3-4,11,15H,5-10,12H2,1-2H3,(H,21,26)(H2,22,23,24). The molecule has 1 aromatic carbocycles. The van der Waals surface area contributed by atoms with Gasteiger partial charge in [0.25, 0.3) is 0 Å². The van der Waals surface area contributed by atoms with Crippen molar-refractivity contribution in [3.63, 3.8) is 0 Å². The van der Waals surface area contributed by atoms with Crippen molar-refractivity contribution < 1.29 is 4.79 Å². The van der Waals surface area contributed by atoms with Crippen LogP contribution in [0.2, 0.25) is 5.02 Å². The molecular formula is C18H27BrClN5O. The van der Waals surface area contributed by atoms with Crippen molar-refractivity contribution in [3.8, 4) is 0 Å². The monoisotopic (exact) mass is 443 g/mol. The van der Waals surface area contributed by atoms with E-state index in [4.69, 9.17) is 11.6 Å². The summed E-state index contributed by atoms with van der Waals surface area (Å²) in [5.41, 5.74) is 1.17. The lowest BCUT2D eigenvalue weighted by molar-refractivity contribution is -0.122. The van der Waals surface area contributed by atoms with Crippen LogP contribution in [0.1, 0.15) is 18.4 Å². The number of guanidine groups is 1. The Kier molecular flexibility index (Phi) is 8.68. The third-order valence-corrected chi connectivity index (χ3v) is 5.50. The summed E-state index contributed by atoms with van der Waals surface area (Å²) in [7, 11) is 3.46. The van der Waals surface area contributed by atoms with Gasteiger partial charge in [-0.15, -0.1) is 0 Å². The molecule has 26 heavy (non-hydrogen) atoms. The van der Waals surface area contributed by atoms with Gasteiger partial charge in [0.1, 0.15) is 0 Å². The summed E-state index contributed by atoms with van der Waals surface area (Å²) in [6, 6.07) is 6.20. The first-order chi connectivity index (χ1) is 12.5. The molecule has 0 aliphatic carbocycles. The number of likely N-dealkylation sites (N-methyl/N-ethyl adjacent to an activating group) is 1. The maximum Gasteiger partial charge on any atom is 0.233 e. The Bertz CT molecular complexity index is 632. The highest BCUT2D eigenvalue weighted by Gasteiger charge is 2.21. The van der Waals surface area contributed by atoms with Crippen LogP contribution >= 0.6 is 27.5 Å². The zero-order valence-electron chi connectivity index (χ0n) is 15.3. The van der Waals surface area contributed by atoms with Gasteiger partial charge in [-0.1, -0.05) is 27.5 Å². The minimum atomic E-state index is 0.0704. The molecule has 1 aliphatic rings. The molecule has 1 amide bonds. The van der Waals surface area contributed by atoms with Crippen LogP contribution < -0.4 is 16.0 Å². The zero-order valence-corrected chi connectivity index (χ0v) is 17.7. The largest absolute Gasteiger partial charge is 0.358 e. The van der Waals surface area contributed by atoms with Crippen LogP contribution in [0.4, 0.5) is 0 Å². The summed E-state index contributed by atoms with van der Waals surface area (Å²) in [5.74, 6) is 0.883. The number of halogens is 2. The lowest BCUT2D eigenvalue weighted by Gasteiger charge is -2.32. The Balaban J connectivity index is 1.73. The molecular weight excluding hydrogens is 418 g/mol. The van der Waals surface area contributed by atoms with Crippen LogP contribution in [-0.2, 0) is 11.2 Å². The number of hydrogen-bond donors (Lipinski definition) is 3. The lowest BCUT2D eigenvalue weighted by Crippen LogP contribution is -2.50. The number of piperidine rings is 1. The quantitative estimate of drug-likeness (QED) is 0.464. The maximum absolute atomic E-state index is 11.5. The Hall–Kier alpha value is -1.31. The second-order valence-corrected chi connectivity index (χ2v) is 7.64. The molecule has 0 aromatic heterocycles. The molecule has 3 N–H and O–H groups in total. The summed E-state index contributed by atoms with van der Waals surface area (Å²) in [6.07, 6.45) is 2.85. The van der Waals surface area contributed by atoms with Gasteiger partial charge in [-0.05, 0) is 43.0 Å². The van der Waals surface area contributed by atoms with Crippen LogP contribution in [0.5, 0.6) is 0 Å². The second kappa shape index (κ2) is 10.7. The molecule has 144 valence electrons. The number of nitrogens with one attached hydrogen (secondary N) is 3. The summed E-state index contributed by atoms with van der Waals surface area (Å²) in [6.45, 7) is 3.08. The highest BCUT2D eigenvalue weighted by molar-refractivity contribution is 9.10. The molecule has 8 heteroatoms. The minimum absolute atomic E-state index is 0.0704. The zero-order chi connectivity index (χ0) is 18.9. The van der Waals surface area contributed by atoms with Gasteiger partial charge < -0.3 is 16.0 Å². The first kappa shape index (κ1) is 21.0. The number of nitrogens with zero attached hydrogens (tertiary/aromatic N) is 2. The summed E-state index contributed by atoms with van der Waals surface area (Å²) in [5, 5.41) is 10.3. The number of carbonyl (C=O) groups excluding carboxylic acids is 1. The highest BCUT2D eigenvalue weighted by Crippen LogP contribution is 2.21. The number of amides is 1. The summed E-state index contributed by atoms with van der Waals surface area (Å²) >= 11 is 9.62. The normalized spacial score (nSPS) is 16.4. The van der Waals surface area contributed by atoms with E-state index >= 15 is 0 Å². The predicted molar refractivity (Wildman–Crippen MR) is 111 cm³/mol. The number of aliphatic imine (C=N–C) groups is 1. The van der Waals surface area contributed by atoms with E-state index in [1.165, 1.54) is 5.56 Å². The average Bonchev–Trinajstić information content (AvgIpc) is 2.65. The van der Waals surface area contributed by atoms with Gasteiger partial charge in [0, 0.05) is 49.3 Å². The first-order valence-corrected chi connectivity index (χ1v) is 10.0. The van der Waals surface area contributed by atoms with Gasteiger partial charge >= 0.3 is 0 Å². The Morgan fingerprint density at radius 1 is 1.38 bits per heavy atom. The van der Waals surface area contributed by atoms with Crippen LogP contribution in [0.25, 0.3) is 0 Å². The highest BCUT2D eigenvalue weighted by atomic mass is 79.9. The topological polar surface area (TPSA) is 68.8 Å². The van der Waals surface area contributed by atoms with Crippen molar-refractivity contribution >= 4 is 39.4 Å². The molecule has 6 nitrogen and oxygen atoms in total. The molecule has 1 fully saturated rings. The molecule has 0 atom stereocenters. The fourth-order valence-electron chi connectivity index (χ4n) is 2.96. The number of carbonyl (C=O) groups is 1. The van der Waals surface area contributed by atoms with Crippen LogP contribution in [-0.4, -0.2) is 63.1 Å². The van der Waals surface area contributed by atoms with Gasteiger partial charge in [0.05, 0.1) is 6.54 Å². The van der Waals surface area contributed by atoms with E-state index in [0.717, 1.165) is 54.4 Å². The summed E-state index contributed by atoms with van der Waals surface area (Å²) in [4.78, 5) is 18.0. The number of hydrogen-bond acceptors (Lipinski definition) is 3. The van der Waals surface area contributed by atoms with E-state index in [9.17, 15) is 4.79 Å². The van der Waals surface area contributed by atoms with E-state index in [1.54, 1.807) is 14.1 Å². The number of benzene rings is 1. The van der Waals surface area contributed by atoms with Crippen molar-refractivity contribution in [1.82, 2.24) is 20.9 Å². The molecule has 0 unspecified atom stereocenters. The first-order valence-electron chi connectivity index (χ1n) is 8.86. The van der Waals surface area contributed by atoms with Crippen LogP contribution in [0.15, 0.2) is 27.7 Å². The third kappa shape index (κ3) is 6.78. The maximum atomic E-state index is 11.5. The van der Waals surface area contributed by atoms with E-state index < -0.39 is 0 Å². The van der Waals surface area contributed by atoms with Crippen molar-refractivity contribution in [1.29, 1.82) is 0 Å². The van der Waals surface area contributed by atoms with E-state index in [0.29, 0.717) is 12.6 Å². The Morgan fingerprint density at radius 3 is 2.77 bits per heavy atom. The van der Waals surface area contributed by atoms with Crippen LogP contribution in [0, 0.1) is 0 Å². The molecule has 1 saturated heterocycles. The summed E-state index contributed by atoms with van der Waals surface area (Å²) < 4.78 is 1.06. The minimum Gasteiger partial charge on any atom is -0.358 e. The molecule has 1 aliphatic heterocycles. The molecule has 2 rings (SSSR count). The average molecular weight is 445 g/mol. The molecule has 0 spiro atoms. The van der Waals surface area contributed by atoms with Gasteiger partial charge in [-0.3, -0.25) is 14.7 Å². The van der Waals surface area contributed by atoms with Gasteiger partial charge in [-0.25, -0.2) is 0 Å². The number of likely N-dealkylation sites (tertiary alicyclic amines) is 1. The molecule has 0 radical (unpaired) electrons. The van der Waals surface area contributed by atoms with Gasteiger partial charge in [0.2, 0.25) is 5.91 Å². The van der Waals surface area contributed by atoms with E-state index in [2.05, 4.69) is 41.8 Å². The van der Waals surface area contributed by atoms with Crippen molar-refractivity contribution in [2.24, 2.45) is 4.99 Å². The predicted octanol–water partition coefficient (Wildman–Crippen LogP) is 2.02. The fourth-order valence-corrected chi connectivity index (χ4v) is 3.60. The Morgan fingerprint density at radius 2 is 2.12 bits per heavy atom. The van der Waals surface area contributed by atoms with Crippen LogP contribution in [0.3, 0.4) is 0 Å². The third-order valence-electron chi connectivity index (χ3n) is 4.49. The smallest absolute Gasteiger partial charge is 0.233 e. The molecule has 1 heterocycles. The second-order valence-electron chi connectivity index (χ2n) is 6.35. The van der Waals surface area contributed by atoms with Crippen molar-refractivity contribution in [3.05, 3.63) is 33.3 Å². The molecule has 0 saturated carbocycles. The Labute approximate surface area is 168 Å². The van der Waals surface area contributed by atoms with Gasteiger partial charge in [-0.2, -0.15) is 0 Å². The fraction of sp³-hybridized carbons (Fsp3) is 0.556. The van der Waals surface area contributed by atoms with E-state index in [-0.39, 0.29) is 5.91 Å². The molecule has 0 bridgehead atoms. The number of rotatable bonds is 6. The van der Waals surface area contributed by atoms with Crippen molar-refractivity contribution in [2.75, 3.05) is 40.3 Å². The van der Waals surface area contributed by atoms with Crippen molar-refractivity contribution in [2.45, 2.75) is 25.3 Å². The van der Waals surface area contributed by atoms with Gasteiger partial charge in [0.15, 0.2) is 5.96 Å². The molecule has 1 aromatic rings. The van der Waals surface area contributed by atoms with E-state index in [1.807, 2.05) is 18.2 Å².